The number of hydrogen-bond donors (Lipinski definition) is 1. The molecule has 4 rings (SSSR count). The summed E-state index contributed by atoms with van der Waals surface area (Å²) in [7, 11) is 0. The van der Waals surface area contributed by atoms with E-state index in [0.717, 1.165) is 29.3 Å². The van der Waals surface area contributed by atoms with E-state index in [1.54, 1.807) is 30.3 Å². The molecule has 1 aromatic heterocycles. The summed E-state index contributed by atoms with van der Waals surface area (Å²) in [6, 6.07) is 19.4. The first-order chi connectivity index (χ1) is 15.3. The third kappa shape index (κ3) is 4.87. The van der Waals surface area contributed by atoms with Gasteiger partial charge < -0.3 is 5.32 Å². The van der Waals surface area contributed by atoms with Crippen molar-refractivity contribution in [2.45, 2.75) is 16.5 Å². The average Bonchev–Trinajstić information content (AvgIpc) is 2.78. The van der Waals surface area contributed by atoms with Crippen molar-refractivity contribution in [1.29, 1.82) is 0 Å². The van der Waals surface area contributed by atoms with Crippen LogP contribution in [0.3, 0.4) is 0 Å². The molecule has 1 N–H and O–H groups in total. The van der Waals surface area contributed by atoms with Crippen LogP contribution in [0.15, 0.2) is 84.1 Å². The smallest absolute Gasteiger partial charge is 0.324 e. The van der Waals surface area contributed by atoms with Crippen LogP contribution in [0.1, 0.15) is 16.4 Å². The summed E-state index contributed by atoms with van der Waals surface area (Å²) in [6.07, 6.45) is -3.28. The summed E-state index contributed by atoms with van der Waals surface area (Å²) >= 11 is 6.89. The van der Waals surface area contributed by atoms with Crippen molar-refractivity contribution in [3.05, 3.63) is 95.3 Å². The number of anilines is 1. The van der Waals surface area contributed by atoms with E-state index in [-0.39, 0.29) is 10.7 Å². The van der Waals surface area contributed by atoms with Gasteiger partial charge in [0.05, 0.1) is 16.8 Å². The number of carbonyl (C=O) groups is 1. The molecule has 1 heterocycles. The van der Waals surface area contributed by atoms with Crippen LogP contribution in [0.4, 0.5) is 18.9 Å². The monoisotopic (exact) mass is 473 g/mol. The molecular formula is C23H15ClF3N3OS. The Morgan fingerprint density at radius 3 is 2.44 bits per heavy atom. The number of aromatic nitrogens is 2. The van der Waals surface area contributed by atoms with Crippen LogP contribution >= 0.6 is 23.4 Å². The maximum Gasteiger partial charge on any atom is 0.418 e. The van der Waals surface area contributed by atoms with E-state index in [2.05, 4.69) is 15.3 Å². The molecule has 32 heavy (non-hydrogen) atoms. The molecule has 1 atom stereocenters. The minimum absolute atomic E-state index is 0.0724. The van der Waals surface area contributed by atoms with Gasteiger partial charge in [0.15, 0.2) is 0 Å². The number of benzene rings is 3. The van der Waals surface area contributed by atoms with Crippen LogP contribution in [0.2, 0.25) is 5.02 Å². The second-order valence-electron chi connectivity index (χ2n) is 6.78. The lowest BCUT2D eigenvalue weighted by Gasteiger charge is -2.19. The molecule has 4 nitrogen and oxygen atoms in total. The standard InChI is InChI=1S/C23H15ClF3N3OS/c24-15-10-11-19(17(12-15)23(25,26)27)30-21(31)20(14-6-2-1-3-7-14)32-22-16-8-4-5-9-18(16)28-13-29-22/h1-13,20H,(H,30,31)/t20-/m0/s1. The fourth-order valence-corrected chi connectivity index (χ4v) is 4.41. The summed E-state index contributed by atoms with van der Waals surface area (Å²) < 4.78 is 40.5. The van der Waals surface area contributed by atoms with E-state index in [0.29, 0.717) is 16.1 Å². The third-order valence-electron chi connectivity index (χ3n) is 4.62. The quantitative estimate of drug-likeness (QED) is 0.256. The molecule has 0 spiro atoms. The van der Waals surface area contributed by atoms with Crippen LogP contribution in [-0.4, -0.2) is 15.9 Å². The van der Waals surface area contributed by atoms with E-state index in [1.807, 2.05) is 24.3 Å². The lowest BCUT2D eigenvalue weighted by atomic mass is 10.1. The van der Waals surface area contributed by atoms with Gasteiger partial charge in [-0.05, 0) is 29.8 Å². The number of para-hydroxylation sites is 1. The highest BCUT2D eigenvalue weighted by atomic mass is 35.5. The number of carbonyl (C=O) groups excluding carboxylic acids is 1. The van der Waals surface area contributed by atoms with Crippen molar-refractivity contribution in [3.8, 4) is 0 Å². The number of hydrogen-bond acceptors (Lipinski definition) is 4. The predicted molar refractivity (Wildman–Crippen MR) is 120 cm³/mol. The highest BCUT2D eigenvalue weighted by Gasteiger charge is 2.35. The minimum atomic E-state index is -4.67. The van der Waals surface area contributed by atoms with E-state index in [1.165, 1.54) is 12.4 Å². The average molecular weight is 474 g/mol. The number of rotatable bonds is 5. The maximum atomic E-state index is 13.5. The molecule has 0 saturated heterocycles. The Morgan fingerprint density at radius 1 is 0.969 bits per heavy atom. The first kappa shape index (κ1) is 22.1. The number of alkyl halides is 3. The molecule has 3 aromatic carbocycles. The Kier molecular flexibility index (Phi) is 6.34. The zero-order valence-electron chi connectivity index (χ0n) is 16.3. The van der Waals surface area contributed by atoms with E-state index in [9.17, 15) is 18.0 Å². The molecule has 162 valence electrons. The maximum absolute atomic E-state index is 13.5. The van der Waals surface area contributed by atoms with Crippen molar-refractivity contribution in [3.63, 3.8) is 0 Å². The van der Waals surface area contributed by atoms with Gasteiger partial charge in [0.25, 0.3) is 0 Å². The third-order valence-corrected chi connectivity index (χ3v) is 6.13. The Balaban J connectivity index is 1.72. The van der Waals surface area contributed by atoms with E-state index in [4.69, 9.17) is 11.6 Å². The van der Waals surface area contributed by atoms with Gasteiger partial charge in [-0.3, -0.25) is 4.79 Å². The fraction of sp³-hybridized carbons (Fsp3) is 0.0870. The van der Waals surface area contributed by atoms with Gasteiger partial charge in [-0.15, -0.1) is 0 Å². The molecule has 4 aromatic rings. The van der Waals surface area contributed by atoms with Gasteiger partial charge in [-0.1, -0.05) is 71.9 Å². The van der Waals surface area contributed by atoms with Gasteiger partial charge in [-0.25, -0.2) is 9.97 Å². The molecule has 0 saturated carbocycles. The van der Waals surface area contributed by atoms with Crippen LogP contribution < -0.4 is 5.32 Å². The lowest BCUT2D eigenvalue weighted by Crippen LogP contribution is -2.21. The number of nitrogens with one attached hydrogen (secondary N) is 1. The number of fused-ring (bicyclic) bond motifs is 1. The van der Waals surface area contributed by atoms with E-state index < -0.39 is 22.9 Å². The van der Waals surface area contributed by atoms with Crippen molar-refractivity contribution in [2.24, 2.45) is 0 Å². The molecule has 0 aliphatic rings. The predicted octanol–water partition coefficient (Wildman–Crippen LogP) is 6.77. The van der Waals surface area contributed by atoms with Crippen LogP contribution in [-0.2, 0) is 11.0 Å². The molecule has 1 amide bonds. The zero-order chi connectivity index (χ0) is 22.7. The van der Waals surface area contributed by atoms with Gasteiger partial charge in [0.2, 0.25) is 5.91 Å². The minimum Gasteiger partial charge on any atom is -0.324 e. The molecule has 9 heteroatoms. The van der Waals surface area contributed by atoms with Crippen molar-refractivity contribution >= 4 is 45.9 Å². The summed E-state index contributed by atoms with van der Waals surface area (Å²) in [5, 5.41) is 2.80. The summed E-state index contributed by atoms with van der Waals surface area (Å²) in [5.41, 5.74) is -0.0434. The van der Waals surface area contributed by atoms with Gasteiger partial charge >= 0.3 is 6.18 Å². The fourth-order valence-electron chi connectivity index (χ4n) is 3.14. The van der Waals surface area contributed by atoms with Crippen LogP contribution in [0.25, 0.3) is 10.9 Å². The number of nitrogens with zero attached hydrogens (tertiary/aromatic N) is 2. The largest absolute Gasteiger partial charge is 0.418 e. The SMILES string of the molecule is O=C(Nc1ccc(Cl)cc1C(F)(F)F)[C@@H](Sc1ncnc2ccccc12)c1ccccc1. The highest BCUT2D eigenvalue weighted by Crippen LogP contribution is 2.40. The highest BCUT2D eigenvalue weighted by molar-refractivity contribution is 8.00. The van der Waals surface area contributed by atoms with Gasteiger partial charge in [-0.2, -0.15) is 13.2 Å². The first-order valence-corrected chi connectivity index (χ1v) is 10.7. The number of thioether (sulfide) groups is 1. The molecule has 0 fully saturated rings. The molecule has 0 aliphatic heterocycles. The number of halogens is 4. The Hall–Kier alpha value is -3.10. The Morgan fingerprint density at radius 2 is 1.69 bits per heavy atom. The van der Waals surface area contributed by atoms with E-state index >= 15 is 0 Å². The molecule has 0 unspecified atom stereocenters. The second kappa shape index (κ2) is 9.18. The molecular weight excluding hydrogens is 459 g/mol. The molecule has 0 aliphatic carbocycles. The number of amides is 1. The van der Waals surface area contributed by atoms with Gasteiger partial charge in [0, 0.05) is 10.4 Å². The summed E-state index contributed by atoms with van der Waals surface area (Å²) in [6.45, 7) is 0. The topological polar surface area (TPSA) is 54.9 Å². The second-order valence-corrected chi connectivity index (χ2v) is 8.31. The van der Waals surface area contributed by atoms with Crippen LogP contribution in [0.5, 0.6) is 0 Å². The first-order valence-electron chi connectivity index (χ1n) is 9.42. The Labute approximate surface area is 190 Å². The van der Waals surface area contributed by atoms with Crippen LogP contribution in [0, 0.1) is 0 Å². The molecule has 0 bridgehead atoms. The zero-order valence-corrected chi connectivity index (χ0v) is 17.9. The molecule has 0 radical (unpaired) electrons. The lowest BCUT2D eigenvalue weighted by molar-refractivity contribution is -0.137. The summed E-state index contributed by atoms with van der Waals surface area (Å²) in [4.78, 5) is 21.8. The van der Waals surface area contributed by atoms with Crippen molar-refractivity contribution in [1.82, 2.24) is 9.97 Å². The summed E-state index contributed by atoms with van der Waals surface area (Å²) in [5.74, 6) is -0.614. The van der Waals surface area contributed by atoms with Crippen molar-refractivity contribution in [2.75, 3.05) is 5.32 Å². The Bertz CT molecular complexity index is 1260. The van der Waals surface area contributed by atoms with Crippen molar-refractivity contribution < 1.29 is 18.0 Å². The normalized spacial score (nSPS) is 12.5. The van der Waals surface area contributed by atoms with Gasteiger partial charge in [0.1, 0.15) is 16.6 Å².